The molecule has 0 heterocycles. The largest absolute Gasteiger partial charge is 0.481 e. The molecular weight excluding hydrogens is 631 g/mol. The first-order chi connectivity index (χ1) is 21.8. The molecule has 0 atom stereocenters. The van der Waals surface area contributed by atoms with Crippen LogP contribution in [0.3, 0.4) is 0 Å². The fourth-order valence-corrected chi connectivity index (χ4v) is 3.87. The number of hydrogen-bond acceptors (Lipinski definition) is 8. The summed E-state index contributed by atoms with van der Waals surface area (Å²) in [6.07, 6.45) is -3.85. The van der Waals surface area contributed by atoms with Gasteiger partial charge >= 0.3 is 18.1 Å². The molecule has 0 saturated carbocycles. The first-order valence-corrected chi connectivity index (χ1v) is 14.1. The van der Waals surface area contributed by atoms with Crippen molar-refractivity contribution in [1.82, 2.24) is 5.32 Å². The second-order valence-corrected chi connectivity index (χ2v) is 9.86. The number of methoxy groups -OCH3 is 1. The normalized spacial score (nSPS) is 11.5. The number of carbonyl (C=O) groups excluding carboxylic acids is 2. The van der Waals surface area contributed by atoms with Gasteiger partial charge in [0, 0.05) is 29.1 Å². The van der Waals surface area contributed by atoms with Gasteiger partial charge in [0.05, 0.1) is 24.8 Å². The molecule has 0 aliphatic carbocycles. The topological polar surface area (TPSA) is 136 Å². The van der Waals surface area contributed by atoms with Crippen LogP contribution in [0, 0.1) is 0 Å². The lowest BCUT2D eigenvalue weighted by Crippen LogP contribution is -2.25. The summed E-state index contributed by atoms with van der Waals surface area (Å²) in [5, 5.41) is 19.3. The molecular formula is C32H33ClF3N3O7. The number of ether oxygens (including phenoxy) is 1. The van der Waals surface area contributed by atoms with Crippen LogP contribution >= 0.6 is 11.6 Å². The Kier molecular flexibility index (Phi) is 15.2. The molecule has 0 aliphatic heterocycles. The molecule has 0 radical (unpaired) electrons. The zero-order valence-electron chi connectivity index (χ0n) is 25.3. The Labute approximate surface area is 268 Å². The van der Waals surface area contributed by atoms with Crippen molar-refractivity contribution < 1.29 is 47.1 Å². The number of rotatable bonds is 13. The number of halogens is 4. The predicted octanol–water partition coefficient (Wildman–Crippen LogP) is 6.03. The van der Waals surface area contributed by atoms with E-state index in [0.717, 1.165) is 17.7 Å². The Morgan fingerprint density at radius 1 is 0.935 bits per heavy atom. The summed E-state index contributed by atoms with van der Waals surface area (Å²) in [5.41, 5.74) is 1.80. The predicted molar refractivity (Wildman–Crippen MR) is 165 cm³/mol. The van der Waals surface area contributed by atoms with Crippen molar-refractivity contribution in [1.29, 1.82) is 0 Å². The summed E-state index contributed by atoms with van der Waals surface area (Å²) in [5.74, 6) is -1.89. The molecule has 10 nitrogen and oxygen atoms in total. The molecule has 3 aromatic rings. The van der Waals surface area contributed by atoms with Crippen molar-refractivity contribution in [2.75, 3.05) is 20.8 Å². The monoisotopic (exact) mass is 663 g/mol. The highest BCUT2D eigenvalue weighted by atomic mass is 35.5. The Morgan fingerprint density at radius 2 is 1.63 bits per heavy atom. The van der Waals surface area contributed by atoms with E-state index in [4.69, 9.17) is 31.1 Å². The van der Waals surface area contributed by atoms with E-state index in [9.17, 15) is 27.6 Å². The molecule has 0 spiro atoms. The van der Waals surface area contributed by atoms with Gasteiger partial charge in [0.25, 0.3) is 0 Å². The molecule has 3 aromatic carbocycles. The van der Waals surface area contributed by atoms with Gasteiger partial charge < -0.3 is 24.8 Å². The van der Waals surface area contributed by atoms with Gasteiger partial charge in [-0.05, 0) is 48.7 Å². The molecule has 246 valence electrons. The minimum absolute atomic E-state index is 0.0238. The third-order valence-electron chi connectivity index (χ3n) is 6.08. The summed E-state index contributed by atoms with van der Waals surface area (Å²) < 4.78 is 43.3. The quantitative estimate of drug-likeness (QED) is 0.129. The summed E-state index contributed by atoms with van der Waals surface area (Å²) >= 11 is 5.74. The number of carboxylic acids is 1. The molecule has 14 heteroatoms. The third-order valence-corrected chi connectivity index (χ3v) is 6.33. The van der Waals surface area contributed by atoms with Crippen LogP contribution in [0.2, 0.25) is 5.02 Å². The number of oxime groups is 2. The fraction of sp³-hybridized carbons (Fsp3) is 0.281. The average Bonchev–Trinajstić information content (AvgIpc) is 3.03. The van der Waals surface area contributed by atoms with E-state index in [2.05, 4.69) is 15.6 Å². The number of carboxylic acid groups (broad SMARTS) is 1. The van der Waals surface area contributed by atoms with Gasteiger partial charge in [-0.1, -0.05) is 70.4 Å². The van der Waals surface area contributed by atoms with E-state index in [1.807, 2.05) is 12.1 Å². The highest BCUT2D eigenvalue weighted by Gasteiger charge is 2.30. The minimum atomic E-state index is -4.44. The number of nitrogens with one attached hydrogen (secondary N) is 1. The zero-order chi connectivity index (χ0) is 34.1. The summed E-state index contributed by atoms with van der Waals surface area (Å²) in [7, 11) is 2.51. The SMILES string of the molecule is CO/N=C(/C(=O)OC)c1ccccc1CO/N=C(\C)c1cccc(C(F)(F)F)c1.O=C(O)CCC(=O)NCCc1ccc(Cl)cc1. The van der Waals surface area contributed by atoms with Crippen LogP contribution < -0.4 is 5.32 Å². The minimum Gasteiger partial charge on any atom is -0.481 e. The van der Waals surface area contributed by atoms with E-state index in [1.165, 1.54) is 33.3 Å². The maximum atomic E-state index is 12.9. The van der Waals surface area contributed by atoms with Crippen LogP contribution in [0.4, 0.5) is 13.2 Å². The van der Waals surface area contributed by atoms with Gasteiger partial charge in [0.15, 0.2) is 5.71 Å². The van der Waals surface area contributed by atoms with Crippen LogP contribution in [0.25, 0.3) is 0 Å². The molecule has 0 aromatic heterocycles. The summed E-state index contributed by atoms with van der Waals surface area (Å²) in [6.45, 7) is 1.99. The molecule has 3 rings (SSSR count). The molecule has 2 N–H and O–H groups in total. The fourth-order valence-electron chi connectivity index (χ4n) is 3.74. The van der Waals surface area contributed by atoms with Crippen molar-refractivity contribution in [3.8, 4) is 0 Å². The maximum absolute atomic E-state index is 12.9. The summed E-state index contributed by atoms with van der Waals surface area (Å²) in [6, 6.07) is 18.9. The lowest BCUT2D eigenvalue weighted by atomic mass is 10.0. The first-order valence-electron chi connectivity index (χ1n) is 13.7. The van der Waals surface area contributed by atoms with Gasteiger partial charge in [0.2, 0.25) is 5.91 Å². The lowest BCUT2D eigenvalue weighted by molar-refractivity contribution is -0.139. The maximum Gasteiger partial charge on any atom is 0.416 e. The number of nitrogens with zero attached hydrogens (tertiary/aromatic N) is 2. The number of hydrogen-bond donors (Lipinski definition) is 2. The Balaban J connectivity index is 0.000000368. The van der Waals surface area contributed by atoms with Gasteiger partial charge in [-0.2, -0.15) is 13.2 Å². The van der Waals surface area contributed by atoms with Crippen LogP contribution in [0.5, 0.6) is 0 Å². The van der Waals surface area contributed by atoms with Gasteiger partial charge in [0.1, 0.15) is 13.7 Å². The van der Waals surface area contributed by atoms with E-state index in [-0.39, 0.29) is 42.3 Å². The first kappa shape index (κ1) is 37.3. The number of amides is 1. The van der Waals surface area contributed by atoms with E-state index >= 15 is 0 Å². The number of carbonyl (C=O) groups is 3. The smallest absolute Gasteiger partial charge is 0.416 e. The zero-order valence-corrected chi connectivity index (χ0v) is 26.0. The molecule has 46 heavy (non-hydrogen) atoms. The number of benzene rings is 3. The van der Waals surface area contributed by atoms with E-state index < -0.39 is 23.7 Å². The van der Waals surface area contributed by atoms with Gasteiger partial charge in [-0.25, -0.2) is 4.79 Å². The number of alkyl halides is 3. The molecule has 0 fully saturated rings. The Bertz CT molecular complexity index is 1530. The molecule has 0 aliphatic rings. The number of aliphatic carboxylic acids is 1. The van der Waals surface area contributed by atoms with Crippen LogP contribution in [0.1, 0.15) is 47.6 Å². The highest BCUT2D eigenvalue weighted by Crippen LogP contribution is 2.29. The van der Waals surface area contributed by atoms with Crippen LogP contribution in [-0.2, 0) is 48.0 Å². The Morgan fingerprint density at radius 3 is 2.26 bits per heavy atom. The second kappa shape index (κ2) is 18.8. The lowest BCUT2D eigenvalue weighted by Gasteiger charge is -2.10. The van der Waals surface area contributed by atoms with E-state index in [1.54, 1.807) is 36.4 Å². The third kappa shape index (κ3) is 13.0. The average molecular weight is 664 g/mol. The van der Waals surface area contributed by atoms with Crippen molar-refractivity contribution >= 4 is 40.9 Å². The molecule has 0 unspecified atom stereocenters. The van der Waals surface area contributed by atoms with Crippen LogP contribution in [-0.4, -0.2) is 55.1 Å². The van der Waals surface area contributed by atoms with Crippen molar-refractivity contribution in [2.45, 2.75) is 39.0 Å². The highest BCUT2D eigenvalue weighted by molar-refractivity contribution is 6.43. The summed E-state index contributed by atoms with van der Waals surface area (Å²) in [4.78, 5) is 43.4. The Hall–Kier alpha value is -4.91. The van der Waals surface area contributed by atoms with Gasteiger partial charge in [-0.15, -0.1) is 0 Å². The van der Waals surface area contributed by atoms with Gasteiger partial charge in [-0.3, -0.25) is 9.59 Å². The van der Waals surface area contributed by atoms with Crippen molar-refractivity contribution in [3.05, 3.63) is 106 Å². The molecule has 0 saturated heterocycles. The van der Waals surface area contributed by atoms with E-state index in [0.29, 0.717) is 29.1 Å². The molecule has 0 bridgehead atoms. The standard InChI is InChI=1S/C20H19F3N2O4.C12H14ClNO3/c1-13(14-8-6-9-16(11-14)20(21,22)23)24-29-12-15-7-4-5-10-17(15)18(25-28-3)19(26)27-2;13-10-3-1-9(2-4-10)7-8-14-11(15)5-6-12(16)17/h4-11H,12H2,1-3H3;1-4H,5-8H2,(H,14,15)(H,16,17)/b24-13+,25-18+;. The van der Waals surface area contributed by atoms with Crippen molar-refractivity contribution in [3.63, 3.8) is 0 Å². The molecule has 1 amide bonds. The second-order valence-electron chi connectivity index (χ2n) is 9.42. The van der Waals surface area contributed by atoms with Crippen LogP contribution in [0.15, 0.2) is 83.1 Å². The van der Waals surface area contributed by atoms with Crippen molar-refractivity contribution in [2.24, 2.45) is 10.3 Å². The number of esters is 1.